The molecule has 7 nitrogen and oxygen atoms in total. The molecule has 2 atom stereocenters. The van der Waals surface area contributed by atoms with Gasteiger partial charge in [-0.05, 0) is 167 Å². The summed E-state index contributed by atoms with van der Waals surface area (Å²) in [7, 11) is 0. The van der Waals surface area contributed by atoms with Gasteiger partial charge in [0.2, 0.25) is 0 Å². The number of hydrogen-bond acceptors (Lipinski definition) is 6. The normalized spacial score (nSPS) is 14.7. The number of aliphatic carboxylic acids is 1. The monoisotopic (exact) mass is 940 g/mol. The van der Waals surface area contributed by atoms with Gasteiger partial charge in [0.25, 0.3) is 0 Å². The average Bonchev–Trinajstić information content (AvgIpc) is 3.31. The molecule has 2 unspecified atom stereocenters. The third-order valence-electron chi connectivity index (χ3n) is 12.9. The molecule has 0 fully saturated rings. The first kappa shape index (κ1) is 51.7. The first-order chi connectivity index (χ1) is 32.2. The number of aliphatic hydroxyl groups is 1. The summed E-state index contributed by atoms with van der Waals surface area (Å²) >= 11 is 0. The summed E-state index contributed by atoms with van der Waals surface area (Å²) in [5, 5.41) is 20.9. The van der Waals surface area contributed by atoms with Crippen LogP contribution < -0.4 is 0 Å². The SMILES string of the molecule is C.O=C(O)CC(CCCCCCc1ccc2c(n1)CCCC2)c1cnc2cc(C(F)(F)F)ccc2c1.OC(/C=C/c1cnc2cc(C(F)(F)F)ccc2c1)CCCCc1ccc2c(n1)CCCC2. The predicted octanol–water partition coefficient (Wildman–Crippen LogP) is 14.2. The smallest absolute Gasteiger partial charge is 0.416 e. The maximum atomic E-state index is 13.0. The summed E-state index contributed by atoms with van der Waals surface area (Å²) in [4.78, 5) is 29.4. The molecule has 2 aromatic carbocycles. The minimum absolute atomic E-state index is 0. The third kappa shape index (κ3) is 14.9. The van der Waals surface area contributed by atoms with Crippen LogP contribution in [0.4, 0.5) is 26.3 Å². The lowest BCUT2D eigenvalue weighted by atomic mass is 9.90. The fourth-order valence-electron chi connectivity index (χ4n) is 9.10. The molecular weight excluding hydrogens is 879 g/mol. The number of aryl methyl sites for hydroxylation is 6. The number of carbonyl (C=O) groups is 1. The van der Waals surface area contributed by atoms with Gasteiger partial charge in [0.1, 0.15) is 0 Å². The lowest BCUT2D eigenvalue weighted by Gasteiger charge is -2.16. The molecule has 0 bridgehead atoms. The first-order valence-electron chi connectivity index (χ1n) is 23.7. The van der Waals surface area contributed by atoms with Crippen molar-refractivity contribution in [2.24, 2.45) is 0 Å². The summed E-state index contributed by atoms with van der Waals surface area (Å²) < 4.78 is 77.4. The Bertz CT molecular complexity index is 2650. The van der Waals surface area contributed by atoms with Crippen LogP contribution in [-0.4, -0.2) is 42.2 Å². The molecule has 0 radical (unpaired) electrons. The second-order valence-corrected chi connectivity index (χ2v) is 18.0. The van der Waals surface area contributed by atoms with Gasteiger partial charge >= 0.3 is 18.3 Å². The maximum Gasteiger partial charge on any atom is 0.416 e. The second kappa shape index (κ2) is 24.0. The van der Waals surface area contributed by atoms with E-state index in [2.05, 4.69) is 34.2 Å². The number of alkyl halides is 6. The number of nitrogens with zero attached hydrogens (tertiary/aromatic N) is 4. The van der Waals surface area contributed by atoms with Crippen LogP contribution in [0.5, 0.6) is 0 Å². The standard InChI is InChI=1S/C28H31F3N2O2.C26H27F3N2O.CH4/c29-28(30,31)23-13-11-21-15-22(18-32-26(21)17-23)20(16-27(34)35)8-3-1-2-4-9-24-14-12-19-7-5-6-10-25(19)33-24;27-26(28,29)21-12-10-20-15-18(17-30-25(20)16-21)9-14-23(32)7-3-2-6-22-13-11-19-5-1-4-8-24(19)31-22;/h11-15,17-18,20H,1-10,16H2,(H,34,35);9-17,23,32H,1-8H2;1H4/b;14-9+;. The van der Waals surface area contributed by atoms with E-state index in [1.165, 1.54) is 72.7 Å². The molecule has 68 heavy (non-hydrogen) atoms. The van der Waals surface area contributed by atoms with Crippen molar-refractivity contribution in [1.82, 2.24) is 19.9 Å². The molecule has 2 aliphatic rings. The molecule has 13 heteroatoms. The molecule has 4 heterocycles. The molecule has 0 amide bonds. The van der Waals surface area contributed by atoms with Gasteiger partial charge in [-0.1, -0.05) is 69.5 Å². The average molecular weight is 941 g/mol. The zero-order valence-electron chi connectivity index (χ0n) is 37.7. The van der Waals surface area contributed by atoms with Gasteiger partial charge in [-0.25, -0.2) is 0 Å². The fraction of sp³-hybridized carbons (Fsp3) is 0.436. The Morgan fingerprint density at radius 3 is 1.71 bits per heavy atom. The quantitative estimate of drug-likeness (QED) is 0.0692. The van der Waals surface area contributed by atoms with E-state index in [-0.39, 0.29) is 25.3 Å². The van der Waals surface area contributed by atoms with Gasteiger partial charge in [-0.15, -0.1) is 0 Å². The van der Waals surface area contributed by atoms with Crippen LogP contribution in [-0.2, 0) is 55.7 Å². The molecule has 362 valence electrons. The number of hydrogen-bond donors (Lipinski definition) is 2. The largest absolute Gasteiger partial charge is 0.481 e. The Morgan fingerprint density at radius 1 is 0.618 bits per heavy atom. The zero-order valence-corrected chi connectivity index (χ0v) is 37.7. The lowest BCUT2D eigenvalue weighted by Crippen LogP contribution is -2.08. The number of aromatic nitrogens is 4. The highest BCUT2D eigenvalue weighted by atomic mass is 19.4. The van der Waals surface area contributed by atoms with Crippen molar-refractivity contribution in [2.75, 3.05) is 0 Å². The van der Waals surface area contributed by atoms with E-state index in [1.807, 2.05) is 0 Å². The van der Waals surface area contributed by atoms with Crippen LogP contribution in [0.25, 0.3) is 27.9 Å². The summed E-state index contributed by atoms with van der Waals surface area (Å²) in [6, 6.07) is 19.3. The number of benzene rings is 2. The summed E-state index contributed by atoms with van der Waals surface area (Å²) in [5.74, 6) is -1.10. The van der Waals surface area contributed by atoms with Gasteiger partial charge in [0.15, 0.2) is 0 Å². The van der Waals surface area contributed by atoms with Crippen molar-refractivity contribution >= 4 is 33.9 Å². The summed E-state index contributed by atoms with van der Waals surface area (Å²) in [6.45, 7) is 0. The van der Waals surface area contributed by atoms with E-state index in [1.54, 1.807) is 24.3 Å². The number of fused-ring (bicyclic) bond motifs is 4. The molecule has 0 saturated heterocycles. The van der Waals surface area contributed by atoms with Crippen molar-refractivity contribution in [3.8, 4) is 0 Å². The molecule has 0 saturated carbocycles. The second-order valence-electron chi connectivity index (χ2n) is 18.0. The minimum atomic E-state index is -4.42. The molecule has 8 rings (SSSR count). The Balaban J connectivity index is 0.000000221. The Kier molecular flexibility index (Phi) is 18.3. The number of aliphatic hydroxyl groups excluding tert-OH is 1. The lowest BCUT2D eigenvalue weighted by molar-refractivity contribution is -0.138. The van der Waals surface area contributed by atoms with Crippen LogP contribution in [0.3, 0.4) is 0 Å². The van der Waals surface area contributed by atoms with E-state index in [0.717, 1.165) is 124 Å². The van der Waals surface area contributed by atoms with E-state index in [0.29, 0.717) is 29.1 Å². The van der Waals surface area contributed by atoms with E-state index >= 15 is 0 Å². The van der Waals surface area contributed by atoms with Crippen molar-refractivity contribution in [2.45, 2.75) is 154 Å². The molecule has 0 aliphatic heterocycles. The molecule has 2 aliphatic carbocycles. The Morgan fingerprint density at radius 2 is 1.13 bits per heavy atom. The predicted molar refractivity (Wildman–Crippen MR) is 256 cm³/mol. The number of halogens is 6. The fourth-order valence-corrected chi connectivity index (χ4v) is 9.10. The number of carboxylic acids is 1. The van der Waals surface area contributed by atoms with Crippen LogP contribution in [0.2, 0.25) is 0 Å². The van der Waals surface area contributed by atoms with Gasteiger partial charge in [0.05, 0.1) is 34.7 Å². The minimum Gasteiger partial charge on any atom is -0.481 e. The topological polar surface area (TPSA) is 109 Å². The number of pyridine rings is 4. The van der Waals surface area contributed by atoms with Gasteiger partial charge in [-0.3, -0.25) is 24.7 Å². The van der Waals surface area contributed by atoms with Gasteiger partial charge in [-0.2, -0.15) is 26.3 Å². The highest BCUT2D eigenvalue weighted by molar-refractivity contribution is 5.82. The van der Waals surface area contributed by atoms with Crippen LogP contribution >= 0.6 is 0 Å². The van der Waals surface area contributed by atoms with E-state index in [4.69, 9.17) is 9.97 Å². The van der Waals surface area contributed by atoms with Crippen molar-refractivity contribution < 1.29 is 41.4 Å². The maximum absolute atomic E-state index is 13.0. The highest BCUT2D eigenvalue weighted by Gasteiger charge is 2.31. The van der Waals surface area contributed by atoms with E-state index in [9.17, 15) is 41.4 Å². The molecule has 0 spiro atoms. The van der Waals surface area contributed by atoms with E-state index < -0.39 is 35.6 Å². The number of rotatable bonds is 17. The molecular formula is C55H62F6N4O3. The summed E-state index contributed by atoms with van der Waals surface area (Å²) in [5.41, 5.74) is 8.23. The molecule has 2 N–H and O–H groups in total. The Labute approximate surface area is 395 Å². The number of unbranched alkanes of at least 4 members (excludes halogenated alkanes) is 4. The Hall–Kier alpha value is -5.69. The molecule has 4 aromatic heterocycles. The number of carboxylic acid groups (broad SMARTS) is 1. The van der Waals surface area contributed by atoms with Crippen LogP contribution in [0, 0.1) is 0 Å². The van der Waals surface area contributed by atoms with Gasteiger partial charge < -0.3 is 10.2 Å². The summed E-state index contributed by atoms with van der Waals surface area (Å²) in [6.07, 6.45) is 15.6. The van der Waals surface area contributed by atoms with Crippen molar-refractivity contribution in [3.63, 3.8) is 0 Å². The van der Waals surface area contributed by atoms with Crippen LogP contribution in [0.15, 0.2) is 91.3 Å². The highest BCUT2D eigenvalue weighted by Crippen LogP contribution is 2.34. The van der Waals surface area contributed by atoms with Gasteiger partial charge in [0, 0.05) is 45.9 Å². The van der Waals surface area contributed by atoms with Crippen molar-refractivity contribution in [1.29, 1.82) is 0 Å². The van der Waals surface area contributed by atoms with Crippen molar-refractivity contribution in [3.05, 3.63) is 147 Å². The first-order valence-corrected chi connectivity index (χ1v) is 23.7. The third-order valence-corrected chi connectivity index (χ3v) is 12.9. The zero-order chi connectivity index (χ0) is 47.4. The van der Waals surface area contributed by atoms with Crippen LogP contribution in [0.1, 0.15) is 153 Å². The molecule has 6 aromatic rings.